The van der Waals surface area contributed by atoms with Crippen molar-refractivity contribution in [3.8, 4) is 0 Å². The molecule has 0 rings (SSSR count). The Labute approximate surface area is 139 Å². The maximum atomic E-state index is 10.3. The SMILES string of the molecule is C.CC(C)(C)C(O)(C[NH-])C(C)(C)C.[K+].[NH2-]. The first-order valence-corrected chi connectivity index (χ1v) is 4.43. The third-order valence-corrected chi connectivity index (χ3v) is 2.74. The van der Waals surface area contributed by atoms with Crippen LogP contribution >= 0.6 is 0 Å². The topological polar surface area (TPSA) is 77.5 Å². The Balaban J connectivity index is -0.000000202. The van der Waals surface area contributed by atoms with Crippen molar-refractivity contribution < 1.29 is 56.5 Å². The summed E-state index contributed by atoms with van der Waals surface area (Å²) in [7, 11) is 0. The number of hydrogen-bond donors (Lipinski definition) is 1. The van der Waals surface area contributed by atoms with Gasteiger partial charge in [-0.3, -0.25) is 0 Å². The van der Waals surface area contributed by atoms with Crippen molar-refractivity contribution in [2.75, 3.05) is 6.54 Å². The Hall–Kier alpha value is 1.52. The van der Waals surface area contributed by atoms with Crippen molar-refractivity contribution >= 4 is 0 Å². The maximum absolute atomic E-state index is 10.3. The van der Waals surface area contributed by atoms with Gasteiger partial charge in [0.2, 0.25) is 0 Å². The number of nitrogens with two attached hydrogens (primary N) is 1. The van der Waals surface area contributed by atoms with Crippen LogP contribution in [0.4, 0.5) is 0 Å². The molecule has 0 heterocycles. The zero-order chi connectivity index (χ0) is 10.2. The van der Waals surface area contributed by atoms with Gasteiger partial charge in [-0.1, -0.05) is 49.0 Å². The quantitative estimate of drug-likeness (QED) is 0.691. The molecule has 0 spiro atoms. The zero-order valence-corrected chi connectivity index (χ0v) is 13.9. The smallest absolute Gasteiger partial charge is 0.693 e. The van der Waals surface area contributed by atoms with E-state index in [2.05, 4.69) is 0 Å². The van der Waals surface area contributed by atoms with Crippen molar-refractivity contribution in [3.05, 3.63) is 11.9 Å². The summed E-state index contributed by atoms with van der Waals surface area (Å²) in [6.45, 7) is 11.9. The van der Waals surface area contributed by atoms with Gasteiger partial charge in [0.1, 0.15) is 0 Å². The zero-order valence-electron chi connectivity index (χ0n) is 10.7. The first-order chi connectivity index (χ1) is 5.06. The first kappa shape index (κ1) is 25.4. The predicted molar refractivity (Wildman–Crippen MR) is 65.1 cm³/mol. The molecule has 90 valence electrons. The molecule has 3 nitrogen and oxygen atoms in total. The van der Waals surface area contributed by atoms with Crippen LogP contribution in [0.2, 0.25) is 0 Å². The van der Waals surface area contributed by atoms with Crippen molar-refractivity contribution in [1.29, 1.82) is 0 Å². The average molecular weight is 243 g/mol. The van der Waals surface area contributed by atoms with Gasteiger partial charge < -0.3 is 17.0 Å². The van der Waals surface area contributed by atoms with E-state index in [1.807, 2.05) is 41.5 Å². The second kappa shape index (κ2) is 7.77. The average Bonchev–Trinajstić information content (AvgIpc) is 1.81. The molecule has 0 aromatic heterocycles. The molecule has 0 aliphatic heterocycles. The summed E-state index contributed by atoms with van der Waals surface area (Å²) in [6, 6.07) is 0. The van der Waals surface area contributed by atoms with E-state index < -0.39 is 5.60 Å². The van der Waals surface area contributed by atoms with E-state index in [1.165, 1.54) is 0 Å². The molecule has 0 unspecified atom stereocenters. The van der Waals surface area contributed by atoms with Gasteiger partial charge in [0.25, 0.3) is 0 Å². The van der Waals surface area contributed by atoms with Crippen LogP contribution in [0.25, 0.3) is 11.9 Å². The van der Waals surface area contributed by atoms with Crippen LogP contribution in [0, 0.1) is 10.8 Å². The van der Waals surface area contributed by atoms with Gasteiger partial charge in [0, 0.05) is 0 Å². The van der Waals surface area contributed by atoms with Crippen molar-refractivity contribution in [2.45, 2.75) is 54.6 Å². The minimum atomic E-state index is -0.917. The summed E-state index contributed by atoms with van der Waals surface area (Å²) in [5.74, 6) is 0. The van der Waals surface area contributed by atoms with Crippen LogP contribution in [0.5, 0.6) is 0 Å². The molecule has 0 aromatic carbocycles. The molecule has 0 saturated heterocycles. The molecular formula is C11H28KN2O-. The van der Waals surface area contributed by atoms with E-state index in [4.69, 9.17) is 5.73 Å². The molecule has 0 aliphatic carbocycles. The van der Waals surface area contributed by atoms with Crippen LogP contribution in [0.3, 0.4) is 0 Å². The van der Waals surface area contributed by atoms with Crippen LogP contribution in [-0.4, -0.2) is 17.3 Å². The summed E-state index contributed by atoms with van der Waals surface area (Å²) < 4.78 is 0. The number of hydrogen-bond acceptors (Lipinski definition) is 1. The molecule has 0 atom stereocenters. The second-order valence-corrected chi connectivity index (χ2v) is 5.54. The normalized spacial score (nSPS) is 12.0. The molecule has 15 heavy (non-hydrogen) atoms. The van der Waals surface area contributed by atoms with E-state index in [1.54, 1.807) is 0 Å². The molecule has 0 fully saturated rings. The third-order valence-electron chi connectivity index (χ3n) is 2.74. The van der Waals surface area contributed by atoms with E-state index in [0.29, 0.717) is 0 Å². The van der Waals surface area contributed by atoms with Crippen LogP contribution in [0.1, 0.15) is 49.0 Å². The maximum Gasteiger partial charge on any atom is 1.00 e. The largest absolute Gasteiger partial charge is 1.00 e. The molecule has 0 saturated carbocycles. The molecule has 4 heteroatoms. The van der Waals surface area contributed by atoms with Crippen molar-refractivity contribution in [3.63, 3.8) is 0 Å². The summed E-state index contributed by atoms with van der Waals surface area (Å²) in [4.78, 5) is 0. The van der Waals surface area contributed by atoms with Crippen LogP contribution in [-0.2, 0) is 0 Å². The Morgan fingerprint density at radius 1 is 0.933 bits per heavy atom. The Kier molecular flexibility index (Phi) is 13.1. The molecule has 0 bridgehead atoms. The number of aliphatic hydroxyl groups is 1. The van der Waals surface area contributed by atoms with Gasteiger partial charge in [-0.15, -0.1) is 6.54 Å². The minimum Gasteiger partial charge on any atom is -0.693 e. The molecule has 0 aliphatic rings. The Bertz CT molecular complexity index is 145. The second-order valence-electron chi connectivity index (χ2n) is 5.54. The summed E-state index contributed by atoms with van der Waals surface area (Å²) >= 11 is 0. The van der Waals surface area contributed by atoms with Gasteiger partial charge in [0.05, 0.1) is 5.60 Å². The predicted octanol–water partition coefficient (Wildman–Crippen LogP) is 1.22. The fourth-order valence-electron chi connectivity index (χ4n) is 1.66. The van der Waals surface area contributed by atoms with Crippen LogP contribution in [0.15, 0.2) is 0 Å². The fraction of sp³-hybridized carbons (Fsp3) is 1.00. The van der Waals surface area contributed by atoms with Gasteiger partial charge in [-0.05, 0) is 10.8 Å². The fourth-order valence-corrected chi connectivity index (χ4v) is 1.66. The van der Waals surface area contributed by atoms with Gasteiger partial charge in [-0.25, -0.2) is 0 Å². The van der Waals surface area contributed by atoms with E-state index >= 15 is 0 Å². The summed E-state index contributed by atoms with van der Waals surface area (Å²) in [5.41, 5.74) is 6.02. The van der Waals surface area contributed by atoms with Crippen LogP contribution < -0.4 is 51.4 Å². The number of rotatable bonds is 1. The monoisotopic (exact) mass is 243 g/mol. The summed E-state index contributed by atoms with van der Waals surface area (Å²) in [5, 5.41) is 10.3. The van der Waals surface area contributed by atoms with E-state index in [9.17, 15) is 5.11 Å². The van der Waals surface area contributed by atoms with Crippen molar-refractivity contribution in [1.82, 2.24) is 0 Å². The van der Waals surface area contributed by atoms with Crippen molar-refractivity contribution in [2.24, 2.45) is 10.8 Å². The number of nitrogens with one attached hydrogen (secondary N) is 1. The standard InChI is InChI=1S/C10H22NO.CH4.K.H2N/c1-8(2,3)10(12,7-11)9(4,5)6;;;/h11-12H,7H2,1-6H3;1H4;;1H2/q-1;;+1;-1. The summed E-state index contributed by atoms with van der Waals surface area (Å²) in [6.07, 6.45) is 0. The van der Waals surface area contributed by atoms with Gasteiger partial charge in [0.15, 0.2) is 0 Å². The van der Waals surface area contributed by atoms with E-state index in [0.717, 1.165) is 0 Å². The molecular weight excluding hydrogens is 215 g/mol. The molecule has 4 N–H and O–H groups in total. The van der Waals surface area contributed by atoms with E-state index in [-0.39, 0.29) is 82.3 Å². The van der Waals surface area contributed by atoms with Gasteiger partial charge in [-0.2, -0.15) is 0 Å². The Morgan fingerprint density at radius 2 is 1.13 bits per heavy atom. The third kappa shape index (κ3) is 5.59. The molecule has 0 radical (unpaired) electrons. The minimum absolute atomic E-state index is 0. The van der Waals surface area contributed by atoms with Gasteiger partial charge >= 0.3 is 51.4 Å². The molecule has 0 aromatic rings. The molecule has 0 amide bonds. The Morgan fingerprint density at radius 3 is 1.13 bits per heavy atom. The first-order valence-electron chi connectivity index (χ1n) is 4.43.